The molecule has 0 radical (unpaired) electrons. The second-order valence-electron chi connectivity index (χ2n) is 6.13. The summed E-state index contributed by atoms with van der Waals surface area (Å²) in [5.41, 5.74) is 1.19. The molecule has 0 aromatic heterocycles. The summed E-state index contributed by atoms with van der Waals surface area (Å²) in [6, 6.07) is 4.49. The molecule has 122 valence electrons. The van der Waals surface area contributed by atoms with Crippen LogP contribution in [0.4, 0.5) is 0 Å². The maximum Gasteiger partial charge on any atom is 0.179 e. The van der Waals surface area contributed by atoms with Crippen LogP contribution in [0.25, 0.3) is 0 Å². The Bertz CT molecular complexity index is 514. The summed E-state index contributed by atoms with van der Waals surface area (Å²) in [5, 5.41) is 4.14. The molecule has 5 heteroatoms. The van der Waals surface area contributed by atoms with Crippen molar-refractivity contribution < 1.29 is 9.47 Å². The number of hydrogen-bond donors (Lipinski definition) is 1. The normalized spacial score (nSPS) is 21.2. The lowest BCUT2D eigenvalue weighted by molar-refractivity contribution is 0.0836. The number of methoxy groups -OCH3 is 2. The molecule has 3 rings (SSSR count). The molecule has 0 bridgehead atoms. The van der Waals surface area contributed by atoms with Crippen LogP contribution < -0.4 is 14.8 Å². The van der Waals surface area contributed by atoms with Gasteiger partial charge in [0, 0.05) is 32.2 Å². The Morgan fingerprint density at radius 2 is 1.91 bits per heavy atom. The lowest BCUT2D eigenvalue weighted by Crippen LogP contribution is -2.47. The highest BCUT2D eigenvalue weighted by Gasteiger charge is 2.35. The van der Waals surface area contributed by atoms with Gasteiger partial charge in [0.05, 0.1) is 19.2 Å². The van der Waals surface area contributed by atoms with E-state index in [9.17, 15) is 0 Å². The minimum absolute atomic E-state index is 0.392. The molecule has 0 spiro atoms. The highest BCUT2D eigenvalue weighted by molar-refractivity contribution is 6.33. The predicted octanol–water partition coefficient (Wildman–Crippen LogP) is 3.10. The number of piperazine rings is 1. The van der Waals surface area contributed by atoms with Gasteiger partial charge in [0.1, 0.15) is 0 Å². The number of halogens is 1. The smallest absolute Gasteiger partial charge is 0.179 e. The van der Waals surface area contributed by atoms with Crippen molar-refractivity contribution >= 4 is 11.6 Å². The van der Waals surface area contributed by atoms with Gasteiger partial charge in [-0.15, -0.1) is 0 Å². The van der Waals surface area contributed by atoms with Crippen LogP contribution in [0.2, 0.25) is 5.02 Å². The van der Waals surface area contributed by atoms with Crippen molar-refractivity contribution in [3.05, 3.63) is 22.7 Å². The average Bonchev–Trinajstić information content (AvgIpc) is 2.51. The summed E-state index contributed by atoms with van der Waals surface area (Å²) in [7, 11) is 3.30. The third-order valence-electron chi connectivity index (χ3n) is 4.97. The Morgan fingerprint density at radius 3 is 2.45 bits per heavy atom. The molecule has 1 aliphatic heterocycles. The van der Waals surface area contributed by atoms with Crippen molar-refractivity contribution in [3.8, 4) is 11.5 Å². The lowest BCUT2D eigenvalue weighted by atomic mass is 9.76. The minimum Gasteiger partial charge on any atom is -0.493 e. The van der Waals surface area contributed by atoms with Gasteiger partial charge in [-0.05, 0) is 30.4 Å². The predicted molar refractivity (Wildman–Crippen MR) is 89.1 cm³/mol. The highest BCUT2D eigenvalue weighted by atomic mass is 35.5. The van der Waals surface area contributed by atoms with Crippen LogP contribution in [0.5, 0.6) is 11.5 Å². The first kappa shape index (κ1) is 15.9. The van der Waals surface area contributed by atoms with E-state index in [0.717, 1.165) is 26.2 Å². The van der Waals surface area contributed by atoms with E-state index < -0.39 is 0 Å². The number of ether oxygens (including phenoxy) is 2. The molecule has 1 heterocycles. The Kier molecular flexibility index (Phi) is 5.11. The zero-order valence-corrected chi connectivity index (χ0v) is 14.2. The summed E-state index contributed by atoms with van der Waals surface area (Å²) in [6.07, 6.45) is 3.91. The fourth-order valence-corrected chi connectivity index (χ4v) is 3.94. The van der Waals surface area contributed by atoms with Gasteiger partial charge in [0.15, 0.2) is 11.5 Å². The van der Waals surface area contributed by atoms with Gasteiger partial charge >= 0.3 is 0 Å². The van der Waals surface area contributed by atoms with Crippen LogP contribution in [0.1, 0.15) is 30.9 Å². The molecule has 0 amide bonds. The van der Waals surface area contributed by atoms with Gasteiger partial charge in [-0.3, -0.25) is 4.90 Å². The Morgan fingerprint density at radius 1 is 1.18 bits per heavy atom. The first-order valence-electron chi connectivity index (χ1n) is 8.11. The number of nitrogens with one attached hydrogen (secondary N) is 1. The molecule has 1 saturated carbocycles. The Labute approximate surface area is 137 Å². The summed E-state index contributed by atoms with van der Waals surface area (Å²) >= 11 is 6.68. The maximum absolute atomic E-state index is 6.68. The summed E-state index contributed by atoms with van der Waals surface area (Å²) in [5.74, 6) is 2.05. The molecule has 2 fully saturated rings. The van der Waals surface area contributed by atoms with Gasteiger partial charge in [-0.1, -0.05) is 24.1 Å². The van der Waals surface area contributed by atoms with Crippen molar-refractivity contribution in [2.75, 3.05) is 40.4 Å². The summed E-state index contributed by atoms with van der Waals surface area (Å²) in [4.78, 5) is 2.58. The van der Waals surface area contributed by atoms with E-state index in [-0.39, 0.29) is 0 Å². The topological polar surface area (TPSA) is 33.7 Å². The highest BCUT2D eigenvalue weighted by Crippen LogP contribution is 2.47. The van der Waals surface area contributed by atoms with Crippen LogP contribution in [0, 0.1) is 5.92 Å². The van der Waals surface area contributed by atoms with Crippen LogP contribution >= 0.6 is 11.6 Å². The SMILES string of the molecule is COc1ccc([C@H](C2CCC2)N2CCNCC2)c(Cl)c1OC. The second kappa shape index (κ2) is 7.07. The molecule has 1 atom stereocenters. The van der Waals surface area contributed by atoms with Gasteiger partial charge in [0.2, 0.25) is 0 Å². The zero-order valence-electron chi connectivity index (χ0n) is 13.4. The molecule has 1 N–H and O–H groups in total. The molecule has 1 aliphatic carbocycles. The third kappa shape index (κ3) is 2.92. The van der Waals surface area contributed by atoms with Crippen LogP contribution in [0.3, 0.4) is 0 Å². The molecule has 22 heavy (non-hydrogen) atoms. The van der Waals surface area contributed by atoms with Gasteiger partial charge in [0.25, 0.3) is 0 Å². The van der Waals surface area contributed by atoms with Crippen LogP contribution in [-0.4, -0.2) is 45.3 Å². The van der Waals surface area contributed by atoms with Crippen molar-refractivity contribution in [1.82, 2.24) is 10.2 Å². The quantitative estimate of drug-likeness (QED) is 0.902. The molecule has 1 saturated heterocycles. The molecule has 4 nitrogen and oxygen atoms in total. The monoisotopic (exact) mass is 324 g/mol. The van der Waals surface area contributed by atoms with Crippen LogP contribution in [0.15, 0.2) is 12.1 Å². The third-order valence-corrected chi connectivity index (χ3v) is 5.36. The van der Waals surface area contributed by atoms with Crippen molar-refractivity contribution in [2.45, 2.75) is 25.3 Å². The van der Waals surface area contributed by atoms with Crippen LogP contribution in [-0.2, 0) is 0 Å². The first-order chi connectivity index (χ1) is 10.8. The maximum atomic E-state index is 6.68. The largest absolute Gasteiger partial charge is 0.493 e. The first-order valence-corrected chi connectivity index (χ1v) is 8.49. The standard InChI is InChI=1S/C17H25ClN2O2/c1-21-14-7-6-13(15(18)17(14)22-2)16(12-4-3-5-12)20-10-8-19-9-11-20/h6-7,12,16,19H,3-5,8-11H2,1-2H3/t16-/m0/s1. The van der Waals surface area contributed by atoms with E-state index >= 15 is 0 Å². The second-order valence-corrected chi connectivity index (χ2v) is 6.50. The fourth-order valence-electron chi connectivity index (χ4n) is 3.60. The fraction of sp³-hybridized carbons (Fsp3) is 0.647. The summed E-state index contributed by atoms with van der Waals surface area (Å²) in [6.45, 7) is 4.25. The van der Waals surface area contributed by atoms with Crippen molar-refractivity contribution in [1.29, 1.82) is 0 Å². The Hall–Kier alpha value is -0.970. The number of hydrogen-bond acceptors (Lipinski definition) is 4. The number of nitrogens with zero attached hydrogens (tertiary/aromatic N) is 1. The molecule has 2 aliphatic rings. The lowest BCUT2D eigenvalue weighted by Gasteiger charge is -2.43. The van der Waals surface area contributed by atoms with E-state index in [1.54, 1.807) is 14.2 Å². The molecule has 1 aromatic rings. The average molecular weight is 325 g/mol. The van der Waals surface area contributed by atoms with Crippen molar-refractivity contribution in [3.63, 3.8) is 0 Å². The zero-order chi connectivity index (χ0) is 15.5. The number of benzene rings is 1. The number of rotatable bonds is 5. The molecular formula is C17H25ClN2O2. The molecular weight excluding hydrogens is 300 g/mol. The molecule has 0 unspecified atom stereocenters. The van der Waals surface area contributed by atoms with Gasteiger partial charge < -0.3 is 14.8 Å². The molecule has 1 aromatic carbocycles. The van der Waals surface area contributed by atoms with E-state index in [0.29, 0.717) is 28.5 Å². The Balaban J connectivity index is 1.96. The minimum atomic E-state index is 0.392. The van der Waals surface area contributed by atoms with E-state index in [4.69, 9.17) is 21.1 Å². The van der Waals surface area contributed by atoms with E-state index in [2.05, 4.69) is 16.3 Å². The van der Waals surface area contributed by atoms with E-state index in [1.165, 1.54) is 24.8 Å². The van der Waals surface area contributed by atoms with Crippen molar-refractivity contribution in [2.24, 2.45) is 5.92 Å². The van der Waals surface area contributed by atoms with E-state index in [1.807, 2.05) is 6.07 Å². The summed E-state index contributed by atoms with van der Waals surface area (Å²) < 4.78 is 10.9. The van der Waals surface area contributed by atoms with Gasteiger partial charge in [-0.25, -0.2) is 0 Å². The van der Waals surface area contributed by atoms with Gasteiger partial charge in [-0.2, -0.15) is 0 Å².